The third-order valence-electron chi connectivity index (χ3n) is 6.89. The molecular formula is C23H32N4O2. The highest BCUT2D eigenvalue weighted by Gasteiger charge is 2.27. The Morgan fingerprint density at radius 3 is 2.52 bits per heavy atom. The van der Waals surface area contributed by atoms with Crippen LogP contribution in [0.5, 0.6) is 0 Å². The molecule has 0 bridgehead atoms. The minimum absolute atomic E-state index is 0.0679. The van der Waals surface area contributed by atoms with E-state index in [1.54, 1.807) is 0 Å². The summed E-state index contributed by atoms with van der Waals surface area (Å²) in [5.41, 5.74) is 2.84. The van der Waals surface area contributed by atoms with Crippen LogP contribution in [0.4, 0.5) is 5.69 Å². The number of aromatic nitrogens is 1. The van der Waals surface area contributed by atoms with E-state index in [2.05, 4.69) is 33.4 Å². The van der Waals surface area contributed by atoms with Crippen LogP contribution >= 0.6 is 0 Å². The zero-order valence-corrected chi connectivity index (χ0v) is 17.2. The minimum Gasteiger partial charge on any atom is -0.382 e. The average Bonchev–Trinajstić information content (AvgIpc) is 3.44. The number of amides is 1. The molecule has 6 nitrogen and oxygen atoms in total. The molecule has 1 aliphatic carbocycles. The van der Waals surface area contributed by atoms with Crippen LogP contribution in [0, 0.1) is 0 Å². The smallest absolute Gasteiger partial charge is 0.270 e. The number of ether oxygens (including phenoxy) is 1. The lowest BCUT2D eigenvalue weighted by Crippen LogP contribution is -2.43. The monoisotopic (exact) mass is 396 g/mol. The van der Waals surface area contributed by atoms with Gasteiger partial charge >= 0.3 is 0 Å². The van der Waals surface area contributed by atoms with Gasteiger partial charge in [-0.1, -0.05) is 12.8 Å². The normalized spacial score (nSPS) is 22.4. The molecule has 1 aromatic carbocycles. The first kappa shape index (κ1) is 18.9. The van der Waals surface area contributed by atoms with Crippen LogP contribution < -0.4 is 5.32 Å². The molecule has 0 radical (unpaired) electrons. The summed E-state index contributed by atoms with van der Waals surface area (Å²) in [6.07, 6.45) is 8.04. The fourth-order valence-electron chi connectivity index (χ4n) is 5.19. The van der Waals surface area contributed by atoms with E-state index in [0.29, 0.717) is 38.0 Å². The van der Waals surface area contributed by atoms with Crippen LogP contribution in [-0.2, 0) is 4.74 Å². The minimum atomic E-state index is 0.0679. The number of aromatic amines is 1. The fourth-order valence-corrected chi connectivity index (χ4v) is 5.19. The maximum atomic E-state index is 12.7. The Balaban J connectivity index is 1.21. The summed E-state index contributed by atoms with van der Waals surface area (Å²) in [5, 5.41) is 4.83. The number of hydrogen-bond acceptors (Lipinski definition) is 4. The molecule has 29 heavy (non-hydrogen) atoms. The summed E-state index contributed by atoms with van der Waals surface area (Å²) >= 11 is 0. The summed E-state index contributed by atoms with van der Waals surface area (Å²) in [6, 6.07) is 9.76. The van der Waals surface area contributed by atoms with Gasteiger partial charge in [-0.05, 0) is 49.9 Å². The van der Waals surface area contributed by atoms with Crippen molar-refractivity contribution in [2.24, 2.45) is 0 Å². The van der Waals surface area contributed by atoms with Crippen molar-refractivity contribution < 1.29 is 9.53 Å². The van der Waals surface area contributed by atoms with Gasteiger partial charge in [0.25, 0.3) is 5.91 Å². The number of benzene rings is 1. The molecule has 3 fully saturated rings. The molecule has 0 spiro atoms. The second-order valence-corrected chi connectivity index (χ2v) is 8.78. The Labute approximate surface area is 172 Å². The first-order chi connectivity index (χ1) is 14.3. The maximum absolute atomic E-state index is 12.7. The van der Waals surface area contributed by atoms with Crippen LogP contribution in [0.3, 0.4) is 0 Å². The van der Waals surface area contributed by atoms with Crippen molar-refractivity contribution in [3.05, 3.63) is 30.0 Å². The molecule has 1 aromatic heterocycles. The van der Waals surface area contributed by atoms with Crippen molar-refractivity contribution in [1.29, 1.82) is 0 Å². The van der Waals surface area contributed by atoms with Crippen LogP contribution in [0.1, 0.15) is 49.0 Å². The van der Waals surface area contributed by atoms with Crippen molar-refractivity contribution >= 4 is 22.5 Å². The Morgan fingerprint density at radius 2 is 1.76 bits per heavy atom. The Bertz CT molecular complexity index is 844. The first-order valence-electron chi connectivity index (χ1n) is 11.3. The molecule has 5 rings (SSSR count). The molecule has 2 saturated heterocycles. The molecule has 0 unspecified atom stereocenters. The van der Waals surface area contributed by atoms with Crippen LogP contribution in [-0.4, -0.2) is 72.2 Å². The van der Waals surface area contributed by atoms with E-state index in [0.717, 1.165) is 22.6 Å². The van der Waals surface area contributed by atoms with E-state index in [4.69, 9.17) is 4.74 Å². The second-order valence-electron chi connectivity index (χ2n) is 8.78. The number of anilines is 1. The summed E-state index contributed by atoms with van der Waals surface area (Å²) in [6.45, 7) is 5.01. The molecule has 2 aliphatic heterocycles. The topological polar surface area (TPSA) is 60.6 Å². The van der Waals surface area contributed by atoms with Crippen molar-refractivity contribution in [1.82, 2.24) is 14.8 Å². The Kier molecular flexibility index (Phi) is 5.46. The standard InChI is InChI=1S/C23H32N4O2/c28-23(27-11-13-29-14-12-27)22-16-17-15-19(5-6-21(17)25-22)24-18-7-9-26(10-8-18)20-3-1-2-4-20/h5-6,15-16,18,20,24-25H,1-4,7-14H2. The van der Waals surface area contributed by atoms with Gasteiger partial charge in [0.1, 0.15) is 5.69 Å². The lowest BCUT2D eigenvalue weighted by Gasteiger charge is -2.36. The van der Waals surface area contributed by atoms with E-state index < -0.39 is 0 Å². The van der Waals surface area contributed by atoms with E-state index in [1.165, 1.54) is 51.6 Å². The first-order valence-corrected chi connectivity index (χ1v) is 11.3. The van der Waals surface area contributed by atoms with Crippen LogP contribution in [0.15, 0.2) is 24.3 Å². The molecule has 1 saturated carbocycles. The highest BCUT2D eigenvalue weighted by Crippen LogP contribution is 2.28. The summed E-state index contributed by atoms with van der Waals surface area (Å²) < 4.78 is 5.35. The number of H-pyrrole nitrogens is 1. The number of morpholine rings is 1. The van der Waals surface area contributed by atoms with E-state index in [-0.39, 0.29) is 5.91 Å². The lowest BCUT2D eigenvalue weighted by molar-refractivity contribution is 0.0299. The molecule has 0 atom stereocenters. The highest BCUT2D eigenvalue weighted by atomic mass is 16.5. The van der Waals surface area contributed by atoms with Crippen molar-refractivity contribution in [2.45, 2.75) is 50.6 Å². The molecule has 3 heterocycles. The van der Waals surface area contributed by atoms with E-state index in [9.17, 15) is 4.79 Å². The van der Waals surface area contributed by atoms with Gasteiger partial charge in [0.2, 0.25) is 0 Å². The van der Waals surface area contributed by atoms with Gasteiger partial charge in [-0.2, -0.15) is 0 Å². The Hall–Kier alpha value is -2.05. The van der Waals surface area contributed by atoms with Crippen molar-refractivity contribution in [3.63, 3.8) is 0 Å². The largest absolute Gasteiger partial charge is 0.382 e. The number of carbonyl (C=O) groups is 1. The van der Waals surface area contributed by atoms with Gasteiger partial charge in [0.15, 0.2) is 0 Å². The number of fused-ring (bicyclic) bond motifs is 1. The van der Waals surface area contributed by atoms with E-state index in [1.807, 2.05) is 11.0 Å². The highest BCUT2D eigenvalue weighted by molar-refractivity contribution is 5.98. The number of nitrogens with one attached hydrogen (secondary N) is 2. The molecule has 156 valence electrons. The summed E-state index contributed by atoms with van der Waals surface area (Å²) in [4.78, 5) is 20.6. The maximum Gasteiger partial charge on any atom is 0.270 e. The lowest BCUT2D eigenvalue weighted by atomic mass is 10.0. The third kappa shape index (κ3) is 4.14. The van der Waals surface area contributed by atoms with Gasteiger partial charge in [-0.3, -0.25) is 4.79 Å². The predicted molar refractivity (Wildman–Crippen MR) is 115 cm³/mol. The number of carbonyl (C=O) groups excluding carboxylic acids is 1. The molecule has 2 aromatic rings. The van der Waals surface area contributed by atoms with Crippen LogP contribution in [0.2, 0.25) is 0 Å². The Morgan fingerprint density at radius 1 is 1.00 bits per heavy atom. The summed E-state index contributed by atoms with van der Waals surface area (Å²) in [7, 11) is 0. The number of hydrogen-bond donors (Lipinski definition) is 2. The van der Waals surface area contributed by atoms with Gasteiger partial charge in [-0.15, -0.1) is 0 Å². The molecule has 6 heteroatoms. The van der Waals surface area contributed by atoms with E-state index >= 15 is 0 Å². The van der Waals surface area contributed by atoms with Crippen molar-refractivity contribution in [3.8, 4) is 0 Å². The van der Waals surface area contributed by atoms with Gasteiger partial charge in [-0.25, -0.2) is 0 Å². The van der Waals surface area contributed by atoms with Gasteiger partial charge < -0.3 is 24.8 Å². The molecular weight excluding hydrogens is 364 g/mol. The predicted octanol–water partition coefficient (Wildman–Crippen LogP) is 3.46. The number of nitrogens with zero attached hydrogens (tertiary/aromatic N) is 2. The third-order valence-corrected chi connectivity index (χ3v) is 6.89. The molecule has 2 N–H and O–H groups in total. The molecule has 1 amide bonds. The zero-order chi connectivity index (χ0) is 19.6. The molecule has 3 aliphatic rings. The second kappa shape index (κ2) is 8.36. The SMILES string of the molecule is O=C(c1cc2cc(NC3CCN(C4CCCC4)CC3)ccc2[nH]1)N1CCOCC1. The number of piperidine rings is 1. The average molecular weight is 397 g/mol. The van der Waals surface area contributed by atoms with Crippen LogP contribution in [0.25, 0.3) is 10.9 Å². The zero-order valence-electron chi connectivity index (χ0n) is 17.2. The van der Waals surface area contributed by atoms with Gasteiger partial charge in [0, 0.05) is 54.9 Å². The van der Waals surface area contributed by atoms with Crippen molar-refractivity contribution in [2.75, 3.05) is 44.7 Å². The quantitative estimate of drug-likeness (QED) is 0.831. The number of likely N-dealkylation sites (tertiary alicyclic amines) is 1. The fraction of sp³-hybridized carbons (Fsp3) is 0.609. The van der Waals surface area contributed by atoms with Gasteiger partial charge in [0.05, 0.1) is 13.2 Å². The summed E-state index contributed by atoms with van der Waals surface area (Å²) in [5.74, 6) is 0.0679. The number of rotatable bonds is 4.